The molecule has 1 amide bonds. The average Bonchev–Trinajstić information content (AvgIpc) is 3.09. The summed E-state index contributed by atoms with van der Waals surface area (Å²) in [6, 6.07) is 13.9. The number of carbonyl (C=O) groups excluding carboxylic acids is 2. The minimum absolute atomic E-state index is 0.0104. The van der Waals surface area contributed by atoms with E-state index in [1.807, 2.05) is 36.6 Å². The molecule has 0 aliphatic carbocycles. The molecule has 0 aliphatic heterocycles. The van der Waals surface area contributed by atoms with Gasteiger partial charge in [-0.2, -0.15) is 0 Å². The fraction of sp³-hybridized carbons (Fsp3) is 0.105. The molecular weight excluding hydrogens is 352 g/mol. The highest BCUT2D eigenvalue weighted by Gasteiger charge is 2.14. The first-order valence-electron chi connectivity index (χ1n) is 7.80. The number of para-hydroxylation sites is 1. The molecule has 26 heavy (non-hydrogen) atoms. The molecule has 0 saturated heterocycles. The van der Waals surface area contributed by atoms with Gasteiger partial charge in [-0.1, -0.05) is 42.0 Å². The number of benzene rings is 2. The van der Waals surface area contributed by atoms with Crippen molar-refractivity contribution in [1.29, 1.82) is 0 Å². The molecular formula is C19H16N2O4S. The van der Waals surface area contributed by atoms with Crippen LogP contribution in [-0.4, -0.2) is 28.6 Å². The number of amides is 1. The van der Waals surface area contributed by atoms with E-state index in [1.54, 1.807) is 12.1 Å². The summed E-state index contributed by atoms with van der Waals surface area (Å²) in [5.41, 5.74) is 2.88. The lowest BCUT2D eigenvalue weighted by Crippen LogP contribution is -2.20. The SMILES string of the molecule is Cc1ccc(-c2csc(NC(=O)COC(=O)c3ccccc3O)n2)cc1. The van der Waals surface area contributed by atoms with Crippen molar-refractivity contribution < 1.29 is 19.4 Å². The Kier molecular flexibility index (Phi) is 5.28. The Bertz CT molecular complexity index is 935. The zero-order valence-electron chi connectivity index (χ0n) is 13.9. The van der Waals surface area contributed by atoms with E-state index >= 15 is 0 Å². The maximum Gasteiger partial charge on any atom is 0.342 e. The highest BCUT2D eigenvalue weighted by molar-refractivity contribution is 7.14. The second kappa shape index (κ2) is 7.79. The van der Waals surface area contributed by atoms with Gasteiger partial charge in [0.15, 0.2) is 11.7 Å². The van der Waals surface area contributed by atoms with Gasteiger partial charge in [0.25, 0.3) is 5.91 Å². The lowest BCUT2D eigenvalue weighted by Gasteiger charge is -2.05. The Labute approximate surface area is 154 Å². The molecule has 0 atom stereocenters. The normalized spacial score (nSPS) is 10.3. The molecule has 2 aromatic carbocycles. The predicted octanol–water partition coefficient (Wildman–Crippen LogP) is 3.62. The summed E-state index contributed by atoms with van der Waals surface area (Å²) in [5.74, 6) is -1.46. The van der Waals surface area contributed by atoms with Crippen molar-refractivity contribution >= 4 is 28.3 Å². The van der Waals surface area contributed by atoms with Gasteiger partial charge in [-0.05, 0) is 19.1 Å². The molecule has 0 unspecified atom stereocenters. The van der Waals surface area contributed by atoms with Gasteiger partial charge in [-0.25, -0.2) is 9.78 Å². The minimum atomic E-state index is -0.766. The third-order valence-electron chi connectivity index (χ3n) is 3.56. The fourth-order valence-electron chi connectivity index (χ4n) is 2.20. The Morgan fingerprint density at radius 2 is 1.88 bits per heavy atom. The van der Waals surface area contributed by atoms with Crippen LogP contribution in [0.5, 0.6) is 5.75 Å². The van der Waals surface area contributed by atoms with Gasteiger partial charge in [0, 0.05) is 10.9 Å². The van der Waals surface area contributed by atoms with Gasteiger partial charge in [0.1, 0.15) is 11.3 Å². The largest absolute Gasteiger partial charge is 0.507 e. The lowest BCUT2D eigenvalue weighted by molar-refractivity contribution is -0.119. The van der Waals surface area contributed by atoms with Crippen LogP contribution in [0.3, 0.4) is 0 Å². The standard InChI is InChI=1S/C19H16N2O4S/c1-12-6-8-13(9-7-12)15-11-26-19(20-15)21-17(23)10-25-18(24)14-4-2-3-5-16(14)22/h2-9,11,22H,10H2,1H3,(H,20,21,23). The number of nitrogens with one attached hydrogen (secondary N) is 1. The molecule has 132 valence electrons. The van der Waals surface area contributed by atoms with Crippen molar-refractivity contribution in [3.8, 4) is 17.0 Å². The number of aryl methyl sites for hydroxylation is 1. The smallest absolute Gasteiger partial charge is 0.342 e. The zero-order valence-corrected chi connectivity index (χ0v) is 14.7. The van der Waals surface area contributed by atoms with Crippen molar-refractivity contribution in [3.63, 3.8) is 0 Å². The van der Waals surface area contributed by atoms with Gasteiger partial charge < -0.3 is 9.84 Å². The van der Waals surface area contributed by atoms with Gasteiger partial charge in [0.2, 0.25) is 0 Å². The van der Waals surface area contributed by atoms with Crippen LogP contribution in [0.15, 0.2) is 53.9 Å². The van der Waals surface area contributed by atoms with Crippen LogP contribution < -0.4 is 5.32 Å². The molecule has 0 aliphatic rings. The van der Waals surface area contributed by atoms with Crippen molar-refractivity contribution in [3.05, 3.63) is 65.0 Å². The number of phenolic OH excluding ortho intramolecular Hbond substituents is 1. The van der Waals surface area contributed by atoms with E-state index in [-0.39, 0.29) is 11.3 Å². The van der Waals surface area contributed by atoms with E-state index in [0.717, 1.165) is 16.8 Å². The summed E-state index contributed by atoms with van der Waals surface area (Å²) in [5, 5.41) is 14.5. The summed E-state index contributed by atoms with van der Waals surface area (Å²) >= 11 is 1.29. The lowest BCUT2D eigenvalue weighted by atomic mass is 10.1. The van der Waals surface area contributed by atoms with Crippen molar-refractivity contribution in [1.82, 2.24) is 4.98 Å². The summed E-state index contributed by atoms with van der Waals surface area (Å²) in [7, 11) is 0. The summed E-state index contributed by atoms with van der Waals surface area (Å²) in [6.07, 6.45) is 0. The molecule has 0 spiro atoms. The van der Waals surface area contributed by atoms with E-state index < -0.39 is 18.5 Å². The number of carbonyl (C=O) groups is 2. The Morgan fingerprint density at radius 3 is 2.62 bits per heavy atom. The average molecular weight is 368 g/mol. The van der Waals surface area contributed by atoms with E-state index in [1.165, 1.54) is 23.5 Å². The molecule has 2 N–H and O–H groups in total. The number of hydrogen-bond donors (Lipinski definition) is 2. The second-order valence-corrected chi connectivity index (χ2v) is 6.40. The second-order valence-electron chi connectivity index (χ2n) is 5.55. The quantitative estimate of drug-likeness (QED) is 0.672. The molecule has 0 fully saturated rings. The number of rotatable bonds is 5. The molecule has 0 bridgehead atoms. The first-order valence-corrected chi connectivity index (χ1v) is 8.68. The Balaban J connectivity index is 1.56. The number of anilines is 1. The van der Waals surface area contributed by atoms with Gasteiger partial charge in [-0.3, -0.25) is 10.1 Å². The third kappa shape index (κ3) is 4.25. The first kappa shape index (κ1) is 17.6. The van der Waals surface area contributed by atoms with Gasteiger partial charge >= 0.3 is 5.97 Å². The number of aromatic hydroxyl groups is 1. The number of esters is 1. The maximum atomic E-state index is 11.9. The van der Waals surface area contributed by atoms with Gasteiger partial charge in [0.05, 0.1) is 5.69 Å². The number of ether oxygens (including phenoxy) is 1. The van der Waals surface area contributed by atoms with E-state index in [0.29, 0.717) is 5.13 Å². The van der Waals surface area contributed by atoms with Crippen LogP contribution in [0.25, 0.3) is 11.3 Å². The minimum Gasteiger partial charge on any atom is -0.507 e. The number of phenols is 1. The highest BCUT2D eigenvalue weighted by atomic mass is 32.1. The van der Waals surface area contributed by atoms with Gasteiger partial charge in [-0.15, -0.1) is 11.3 Å². The first-order chi connectivity index (χ1) is 12.5. The van der Waals surface area contributed by atoms with Crippen LogP contribution in [0.4, 0.5) is 5.13 Å². The molecule has 3 rings (SSSR count). The monoisotopic (exact) mass is 368 g/mol. The molecule has 1 heterocycles. The Hall–Kier alpha value is -3.19. The zero-order chi connectivity index (χ0) is 18.5. The summed E-state index contributed by atoms with van der Waals surface area (Å²) in [4.78, 5) is 28.2. The number of thiazole rings is 1. The van der Waals surface area contributed by atoms with E-state index in [2.05, 4.69) is 10.3 Å². The van der Waals surface area contributed by atoms with Crippen LogP contribution in [0, 0.1) is 6.92 Å². The molecule has 1 aromatic heterocycles. The highest BCUT2D eigenvalue weighted by Crippen LogP contribution is 2.25. The van der Waals surface area contributed by atoms with Crippen LogP contribution in [0.1, 0.15) is 15.9 Å². The number of nitrogens with zero attached hydrogens (tertiary/aromatic N) is 1. The summed E-state index contributed by atoms with van der Waals surface area (Å²) < 4.78 is 4.91. The van der Waals surface area contributed by atoms with Crippen LogP contribution in [-0.2, 0) is 9.53 Å². The number of hydrogen-bond acceptors (Lipinski definition) is 6. The fourth-order valence-corrected chi connectivity index (χ4v) is 2.93. The molecule has 3 aromatic rings. The van der Waals surface area contributed by atoms with Crippen molar-refractivity contribution in [2.75, 3.05) is 11.9 Å². The third-order valence-corrected chi connectivity index (χ3v) is 4.31. The van der Waals surface area contributed by atoms with Crippen LogP contribution in [0.2, 0.25) is 0 Å². The van der Waals surface area contributed by atoms with Crippen molar-refractivity contribution in [2.24, 2.45) is 0 Å². The molecule has 0 saturated carbocycles. The predicted molar refractivity (Wildman–Crippen MR) is 99.3 cm³/mol. The topological polar surface area (TPSA) is 88.5 Å². The Morgan fingerprint density at radius 1 is 1.15 bits per heavy atom. The number of aromatic nitrogens is 1. The maximum absolute atomic E-state index is 11.9. The molecule has 7 heteroatoms. The molecule has 6 nitrogen and oxygen atoms in total. The molecule has 0 radical (unpaired) electrons. The summed E-state index contributed by atoms with van der Waals surface area (Å²) in [6.45, 7) is 1.54. The van der Waals surface area contributed by atoms with Crippen LogP contribution >= 0.6 is 11.3 Å². The van der Waals surface area contributed by atoms with Crippen molar-refractivity contribution in [2.45, 2.75) is 6.92 Å². The van der Waals surface area contributed by atoms with E-state index in [9.17, 15) is 14.7 Å². The van der Waals surface area contributed by atoms with E-state index in [4.69, 9.17) is 4.74 Å².